The van der Waals surface area contributed by atoms with E-state index in [2.05, 4.69) is 46.8 Å². The minimum atomic E-state index is -3.99. The summed E-state index contributed by atoms with van der Waals surface area (Å²) in [5.41, 5.74) is 0.550. The minimum Gasteiger partial charge on any atom is -0.495 e. The van der Waals surface area contributed by atoms with Gasteiger partial charge in [-0.25, -0.2) is 12.8 Å². The average molecular weight is 523 g/mol. The van der Waals surface area contributed by atoms with Gasteiger partial charge in [-0.05, 0) is 46.3 Å². The Hall–Kier alpha value is -1.36. The highest BCUT2D eigenvalue weighted by molar-refractivity contribution is 9.11. The summed E-state index contributed by atoms with van der Waals surface area (Å²) in [4.78, 5) is 2.09. The molecule has 146 valence electrons. The number of hydrogen-bond donors (Lipinski definition) is 2. The van der Waals surface area contributed by atoms with Crippen molar-refractivity contribution in [1.82, 2.24) is 5.32 Å². The zero-order valence-electron chi connectivity index (χ0n) is 14.4. The molecule has 1 heterocycles. The number of benzene rings is 2. The summed E-state index contributed by atoms with van der Waals surface area (Å²) in [5, 5.41) is 3.25. The monoisotopic (exact) mass is 521 g/mol. The first-order chi connectivity index (χ1) is 12.8. The van der Waals surface area contributed by atoms with Crippen LogP contribution in [0.1, 0.15) is 0 Å². The number of sulfonamides is 1. The lowest BCUT2D eigenvalue weighted by molar-refractivity contribution is 0.412. The van der Waals surface area contributed by atoms with Crippen LogP contribution in [0.15, 0.2) is 44.2 Å². The van der Waals surface area contributed by atoms with E-state index in [1.807, 2.05) is 0 Å². The molecule has 0 bridgehead atoms. The second kappa shape index (κ2) is 8.34. The molecule has 0 aliphatic carbocycles. The lowest BCUT2D eigenvalue weighted by Crippen LogP contribution is -2.43. The molecule has 6 nitrogen and oxygen atoms in total. The van der Waals surface area contributed by atoms with Gasteiger partial charge in [0.15, 0.2) is 5.82 Å². The van der Waals surface area contributed by atoms with Crippen molar-refractivity contribution in [3.63, 3.8) is 0 Å². The minimum absolute atomic E-state index is 0.0346. The molecule has 0 atom stereocenters. The summed E-state index contributed by atoms with van der Waals surface area (Å²) in [6.07, 6.45) is 0. The SMILES string of the molecule is COc1ccc(S(=O)(=O)Nc2cc(Br)cc(Br)c2F)cc1N1CCNCC1. The number of nitrogens with zero attached hydrogens (tertiary/aromatic N) is 1. The van der Waals surface area contributed by atoms with Crippen LogP contribution in [0.3, 0.4) is 0 Å². The van der Waals surface area contributed by atoms with Crippen LogP contribution in [0.4, 0.5) is 15.8 Å². The van der Waals surface area contributed by atoms with Crippen LogP contribution in [-0.4, -0.2) is 41.7 Å². The predicted molar refractivity (Wildman–Crippen MR) is 111 cm³/mol. The van der Waals surface area contributed by atoms with Crippen molar-refractivity contribution in [1.29, 1.82) is 0 Å². The summed E-state index contributed by atoms with van der Waals surface area (Å²) in [6, 6.07) is 7.48. The molecule has 10 heteroatoms. The molecule has 0 amide bonds. The maximum absolute atomic E-state index is 14.3. The standard InChI is InChI=1S/C17H18Br2FN3O3S/c1-26-16-3-2-12(10-15(16)23-6-4-21-5-7-23)27(24,25)22-14-9-11(18)8-13(19)17(14)20/h2-3,8-10,21-22H,4-7H2,1H3. The summed E-state index contributed by atoms with van der Waals surface area (Å²) < 4.78 is 48.4. The van der Waals surface area contributed by atoms with E-state index >= 15 is 0 Å². The van der Waals surface area contributed by atoms with E-state index in [0.717, 1.165) is 26.2 Å². The van der Waals surface area contributed by atoms with Gasteiger partial charge in [0, 0.05) is 30.7 Å². The fourth-order valence-electron chi connectivity index (χ4n) is 2.82. The third-order valence-electron chi connectivity index (χ3n) is 4.16. The third kappa shape index (κ3) is 4.56. The van der Waals surface area contributed by atoms with Gasteiger partial charge < -0.3 is 15.0 Å². The van der Waals surface area contributed by atoms with Crippen molar-refractivity contribution in [2.75, 3.05) is 42.9 Å². The molecule has 1 aliphatic rings. The Morgan fingerprint density at radius 2 is 1.89 bits per heavy atom. The lowest BCUT2D eigenvalue weighted by Gasteiger charge is -2.30. The number of rotatable bonds is 5. The fourth-order valence-corrected chi connectivity index (χ4v) is 5.12. The zero-order valence-corrected chi connectivity index (χ0v) is 18.4. The molecule has 1 aliphatic heterocycles. The van der Waals surface area contributed by atoms with E-state index in [0.29, 0.717) is 15.9 Å². The molecule has 0 unspecified atom stereocenters. The quantitative estimate of drug-likeness (QED) is 0.587. The van der Waals surface area contributed by atoms with E-state index in [9.17, 15) is 12.8 Å². The molecule has 1 fully saturated rings. The first-order valence-corrected chi connectivity index (χ1v) is 11.2. The molecular weight excluding hydrogens is 505 g/mol. The van der Waals surface area contributed by atoms with Crippen LogP contribution in [0, 0.1) is 5.82 Å². The van der Waals surface area contributed by atoms with Crippen LogP contribution < -0.4 is 19.7 Å². The lowest BCUT2D eigenvalue weighted by atomic mass is 10.2. The van der Waals surface area contributed by atoms with Gasteiger partial charge in [0.1, 0.15) is 5.75 Å². The summed E-state index contributed by atoms with van der Waals surface area (Å²) in [6.45, 7) is 3.08. The van der Waals surface area contributed by atoms with Gasteiger partial charge in [-0.15, -0.1) is 0 Å². The highest BCUT2D eigenvalue weighted by Crippen LogP contribution is 2.33. The van der Waals surface area contributed by atoms with E-state index in [-0.39, 0.29) is 15.1 Å². The van der Waals surface area contributed by atoms with Crippen molar-refractivity contribution >= 4 is 53.3 Å². The third-order valence-corrected chi connectivity index (χ3v) is 6.55. The number of piperazine rings is 1. The molecule has 27 heavy (non-hydrogen) atoms. The fraction of sp³-hybridized carbons (Fsp3) is 0.294. The van der Waals surface area contributed by atoms with Gasteiger partial charge in [-0.3, -0.25) is 4.72 Å². The molecule has 2 aromatic carbocycles. The van der Waals surface area contributed by atoms with Gasteiger partial charge in [0.2, 0.25) is 0 Å². The van der Waals surface area contributed by atoms with Crippen LogP contribution in [0.2, 0.25) is 0 Å². The molecule has 0 saturated carbocycles. The van der Waals surface area contributed by atoms with Crippen LogP contribution >= 0.6 is 31.9 Å². The topological polar surface area (TPSA) is 70.7 Å². The number of methoxy groups -OCH3 is 1. The van der Waals surface area contributed by atoms with Crippen molar-refractivity contribution in [3.05, 3.63) is 45.1 Å². The van der Waals surface area contributed by atoms with Crippen LogP contribution in [-0.2, 0) is 10.0 Å². The smallest absolute Gasteiger partial charge is 0.262 e. The highest BCUT2D eigenvalue weighted by atomic mass is 79.9. The summed E-state index contributed by atoms with van der Waals surface area (Å²) >= 11 is 6.31. The Bertz CT molecular complexity index is 951. The highest BCUT2D eigenvalue weighted by Gasteiger charge is 2.22. The Morgan fingerprint density at radius 3 is 2.56 bits per heavy atom. The molecule has 0 spiro atoms. The van der Waals surface area contributed by atoms with Crippen molar-refractivity contribution in [2.45, 2.75) is 4.90 Å². The van der Waals surface area contributed by atoms with Crippen molar-refractivity contribution < 1.29 is 17.5 Å². The molecule has 3 rings (SSSR count). The number of nitrogens with one attached hydrogen (secondary N) is 2. The van der Waals surface area contributed by atoms with E-state index in [1.54, 1.807) is 19.2 Å². The first-order valence-electron chi connectivity index (χ1n) is 8.13. The van der Waals surface area contributed by atoms with Gasteiger partial charge in [-0.2, -0.15) is 0 Å². The Morgan fingerprint density at radius 1 is 1.19 bits per heavy atom. The second-order valence-electron chi connectivity index (χ2n) is 5.93. The van der Waals surface area contributed by atoms with Crippen LogP contribution in [0.25, 0.3) is 0 Å². The molecule has 1 saturated heterocycles. The van der Waals surface area contributed by atoms with Gasteiger partial charge in [-0.1, -0.05) is 15.9 Å². The molecule has 0 aromatic heterocycles. The molecule has 0 radical (unpaired) electrons. The van der Waals surface area contributed by atoms with E-state index < -0.39 is 15.8 Å². The normalized spacial score (nSPS) is 14.9. The van der Waals surface area contributed by atoms with E-state index in [4.69, 9.17) is 4.74 Å². The number of ether oxygens (including phenoxy) is 1. The first kappa shape index (κ1) is 20.4. The average Bonchev–Trinajstić information content (AvgIpc) is 2.65. The van der Waals surface area contributed by atoms with Crippen molar-refractivity contribution in [2.24, 2.45) is 0 Å². The molecule has 2 N–H and O–H groups in total. The van der Waals surface area contributed by atoms with Gasteiger partial charge in [0.05, 0.1) is 27.9 Å². The van der Waals surface area contributed by atoms with Crippen LogP contribution in [0.5, 0.6) is 5.75 Å². The predicted octanol–water partition coefficient (Wildman–Crippen LogP) is 3.57. The maximum Gasteiger partial charge on any atom is 0.262 e. The Labute approximate surface area is 174 Å². The van der Waals surface area contributed by atoms with E-state index in [1.165, 1.54) is 18.2 Å². The van der Waals surface area contributed by atoms with Gasteiger partial charge in [0.25, 0.3) is 10.0 Å². The maximum atomic E-state index is 14.3. The number of hydrogen-bond acceptors (Lipinski definition) is 5. The Balaban J connectivity index is 1.97. The molecule has 2 aromatic rings. The summed E-state index contributed by atoms with van der Waals surface area (Å²) in [5.74, 6) is -0.0927. The van der Waals surface area contributed by atoms with Crippen molar-refractivity contribution in [3.8, 4) is 5.75 Å². The number of halogens is 3. The van der Waals surface area contributed by atoms with Gasteiger partial charge >= 0.3 is 0 Å². The molecular formula is C17H18Br2FN3O3S. The number of anilines is 2. The summed E-state index contributed by atoms with van der Waals surface area (Å²) in [7, 11) is -2.44. The Kier molecular flexibility index (Phi) is 6.29. The largest absolute Gasteiger partial charge is 0.495 e. The zero-order chi connectivity index (χ0) is 19.6. The second-order valence-corrected chi connectivity index (χ2v) is 9.38.